The second-order valence-corrected chi connectivity index (χ2v) is 4.76. The molecule has 1 unspecified atom stereocenters. The lowest BCUT2D eigenvalue weighted by atomic mass is 9.95. The van der Waals surface area contributed by atoms with Crippen molar-refractivity contribution in [2.75, 3.05) is 0 Å². The number of carbonyl (C=O) groups excluding carboxylic acids is 1. The third-order valence-corrected chi connectivity index (χ3v) is 3.11. The molecule has 19 heavy (non-hydrogen) atoms. The molecule has 0 saturated carbocycles. The van der Waals surface area contributed by atoms with Crippen molar-refractivity contribution in [2.24, 2.45) is 0 Å². The second-order valence-electron chi connectivity index (χ2n) is 4.76. The molecule has 1 amide bonds. The van der Waals surface area contributed by atoms with E-state index in [0.29, 0.717) is 36.3 Å². The molecule has 1 aromatic rings. The molecule has 0 spiro atoms. The van der Waals surface area contributed by atoms with Crippen LogP contribution in [0, 0.1) is 6.92 Å². The maximum absolute atomic E-state index is 12.2. The molecule has 0 saturated heterocycles. The number of carboxylic acid groups (broad SMARTS) is 1. The van der Waals surface area contributed by atoms with Crippen molar-refractivity contribution >= 4 is 11.9 Å². The van der Waals surface area contributed by atoms with Gasteiger partial charge >= 0.3 is 5.97 Å². The van der Waals surface area contributed by atoms with Crippen LogP contribution in [-0.2, 0) is 11.2 Å². The molecule has 1 rings (SSSR count). The van der Waals surface area contributed by atoms with E-state index in [4.69, 9.17) is 4.52 Å². The molecule has 2 N–H and O–H groups in total. The molecule has 1 atom stereocenters. The summed E-state index contributed by atoms with van der Waals surface area (Å²) in [7, 11) is 0. The average Bonchev–Trinajstić information content (AvgIpc) is 2.70. The highest BCUT2D eigenvalue weighted by atomic mass is 16.5. The van der Waals surface area contributed by atoms with Gasteiger partial charge in [-0.1, -0.05) is 25.4 Å². The van der Waals surface area contributed by atoms with E-state index in [1.807, 2.05) is 13.8 Å². The lowest BCUT2D eigenvalue weighted by Gasteiger charge is -2.25. The van der Waals surface area contributed by atoms with Gasteiger partial charge in [-0.05, 0) is 26.7 Å². The molecule has 0 aliphatic rings. The van der Waals surface area contributed by atoms with Crippen LogP contribution in [-0.4, -0.2) is 27.7 Å². The largest absolute Gasteiger partial charge is 0.480 e. The van der Waals surface area contributed by atoms with E-state index >= 15 is 0 Å². The molecule has 1 heterocycles. The zero-order chi connectivity index (χ0) is 14.6. The van der Waals surface area contributed by atoms with Gasteiger partial charge in [0.15, 0.2) is 0 Å². The minimum absolute atomic E-state index is 0.339. The SMILES string of the molecule is CCCC(C)(NC(=O)c1c(CC)noc1C)C(=O)O. The zero-order valence-corrected chi connectivity index (χ0v) is 11.7. The number of aryl methyl sites for hydroxylation is 2. The van der Waals surface area contributed by atoms with Crippen molar-refractivity contribution in [3.8, 4) is 0 Å². The van der Waals surface area contributed by atoms with Crippen LogP contribution in [0.2, 0.25) is 0 Å². The van der Waals surface area contributed by atoms with Gasteiger partial charge in [0, 0.05) is 0 Å². The van der Waals surface area contributed by atoms with E-state index in [2.05, 4.69) is 10.5 Å². The van der Waals surface area contributed by atoms with Crippen LogP contribution in [0.4, 0.5) is 0 Å². The number of nitrogens with zero attached hydrogens (tertiary/aromatic N) is 1. The summed E-state index contributed by atoms with van der Waals surface area (Å²) in [5.41, 5.74) is -0.397. The van der Waals surface area contributed by atoms with E-state index in [1.54, 1.807) is 6.92 Å². The predicted octanol–water partition coefficient (Wildman–Crippen LogP) is 1.92. The first-order chi connectivity index (χ1) is 8.85. The Morgan fingerprint density at radius 2 is 2.05 bits per heavy atom. The summed E-state index contributed by atoms with van der Waals surface area (Å²) < 4.78 is 4.98. The Morgan fingerprint density at radius 3 is 2.53 bits per heavy atom. The molecule has 0 fully saturated rings. The highest BCUT2D eigenvalue weighted by molar-refractivity contribution is 5.99. The maximum atomic E-state index is 12.2. The zero-order valence-electron chi connectivity index (χ0n) is 11.7. The average molecular weight is 268 g/mol. The maximum Gasteiger partial charge on any atom is 0.329 e. The van der Waals surface area contributed by atoms with Crippen molar-refractivity contribution in [2.45, 2.75) is 52.5 Å². The molecule has 0 bridgehead atoms. The van der Waals surface area contributed by atoms with Crippen molar-refractivity contribution < 1.29 is 19.2 Å². The van der Waals surface area contributed by atoms with E-state index in [-0.39, 0.29) is 0 Å². The molecule has 0 aromatic carbocycles. The Labute approximate surface area is 112 Å². The Kier molecular flexibility index (Phi) is 4.69. The van der Waals surface area contributed by atoms with Crippen molar-refractivity contribution in [3.63, 3.8) is 0 Å². The van der Waals surface area contributed by atoms with E-state index < -0.39 is 17.4 Å². The third kappa shape index (κ3) is 3.13. The van der Waals surface area contributed by atoms with Gasteiger partial charge in [-0.3, -0.25) is 4.79 Å². The Balaban J connectivity index is 3.00. The first kappa shape index (κ1) is 15.2. The molecule has 0 aliphatic heterocycles. The number of carbonyl (C=O) groups is 2. The molecular weight excluding hydrogens is 248 g/mol. The highest BCUT2D eigenvalue weighted by Gasteiger charge is 2.35. The van der Waals surface area contributed by atoms with Gasteiger partial charge in [0.25, 0.3) is 5.91 Å². The number of nitrogens with one attached hydrogen (secondary N) is 1. The lowest BCUT2D eigenvalue weighted by molar-refractivity contribution is -0.144. The summed E-state index contributed by atoms with van der Waals surface area (Å²) >= 11 is 0. The number of carboxylic acids is 1. The summed E-state index contributed by atoms with van der Waals surface area (Å²) in [6, 6.07) is 0. The number of amides is 1. The monoisotopic (exact) mass is 268 g/mol. The summed E-state index contributed by atoms with van der Waals surface area (Å²) in [6.07, 6.45) is 1.57. The van der Waals surface area contributed by atoms with Crippen LogP contribution in [0.15, 0.2) is 4.52 Å². The van der Waals surface area contributed by atoms with E-state index in [9.17, 15) is 14.7 Å². The van der Waals surface area contributed by atoms with E-state index in [0.717, 1.165) is 0 Å². The van der Waals surface area contributed by atoms with Gasteiger partial charge in [0.2, 0.25) is 0 Å². The number of hydrogen-bond acceptors (Lipinski definition) is 4. The summed E-state index contributed by atoms with van der Waals surface area (Å²) in [5.74, 6) is -1.10. The predicted molar refractivity (Wildman–Crippen MR) is 69.0 cm³/mol. The minimum Gasteiger partial charge on any atom is -0.480 e. The summed E-state index contributed by atoms with van der Waals surface area (Å²) in [5, 5.41) is 15.6. The molecule has 0 radical (unpaired) electrons. The van der Waals surface area contributed by atoms with Gasteiger partial charge in [-0.25, -0.2) is 4.79 Å². The molecular formula is C13H20N2O4. The van der Waals surface area contributed by atoms with Crippen LogP contribution in [0.5, 0.6) is 0 Å². The van der Waals surface area contributed by atoms with Crippen molar-refractivity contribution in [1.82, 2.24) is 10.5 Å². The number of aromatic nitrogens is 1. The Hall–Kier alpha value is -1.85. The molecule has 0 aliphatic carbocycles. The number of aliphatic carboxylic acids is 1. The first-order valence-electron chi connectivity index (χ1n) is 6.36. The number of rotatable bonds is 6. The van der Waals surface area contributed by atoms with Gasteiger partial charge in [0.1, 0.15) is 16.9 Å². The fourth-order valence-corrected chi connectivity index (χ4v) is 1.99. The standard InChI is InChI=1S/C13H20N2O4/c1-5-7-13(4,12(17)18)14-11(16)10-8(3)19-15-9(10)6-2/h5-7H2,1-4H3,(H,14,16)(H,17,18). The quantitative estimate of drug-likeness (QED) is 0.822. The van der Waals surface area contributed by atoms with Crippen molar-refractivity contribution in [3.05, 3.63) is 17.0 Å². The van der Waals surface area contributed by atoms with Crippen LogP contribution in [0.1, 0.15) is 55.4 Å². The highest BCUT2D eigenvalue weighted by Crippen LogP contribution is 2.18. The van der Waals surface area contributed by atoms with Gasteiger partial charge < -0.3 is 14.9 Å². The first-order valence-corrected chi connectivity index (χ1v) is 6.36. The molecule has 1 aromatic heterocycles. The number of hydrogen-bond donors (Lipinski definition) is 2. The molecule has 106 valence electrons. The van der Waals surface area contributed by atoms with Crippen LogP contribution in [0.3, 0.4) is 0 Å². The van der Waals surface area contributed by atoms with Crippen LogP contribution >= 0.6 is 0 Å². The second kappa shape index (κ2) is 5.86. The summed E-state index contributed by atoms with van der Waals surface area (Å²) in [6.45, 7) is 6.87. The van der Waals surface area contributed by atoms with Gasteiger partial charge in [-0.2, -0.15) is 0 Å². The van der Waals surface area contributed by atoms with Crippen LogP contribution < -0.4 is 5.32 Å². The minimum atomic E-state index is -1.28. The fourth-order valence-electron chi connectivity index (χ4n) is 1.99. The topological polar surface area (TPSA) is 92.4 Å². The Bertz CT molecular complexity index is 481. The van der Waals surface area contributed by atoms with Crippen LogP contribution in [0.25, 0.3) is 0 Å². The lowest BCUT2D eigenvalue weighted by Crippen LogP contribution is -2.52. The third-order valence-electron chi connectivity index (χ3n) is 3.11. The smallest absolute Gasteiger partial charge is 0.329 e. The van der Waals surface area contributed by atoms with Crippen molar-refractivity contribution in [1.29, 1.82) is 0 Å². The molecule has 6 heteroatoms. The Morgan fingerprint density at radius 1 is 1.42 bits per heavy atom. The van der Waals surface area contributed by atoms with E-state index in [1.165, 1.54) is 6.92 Å². The van der Waals surface area contributed by atoms with Gasteiger partial charge in [0.05, 0.1) is 5.69 Å². The van der Waals surface area contributed by atoms with Gasteiger partial charge in [-0.15, -0.1) is 0 Å². The summed E-state index contributed by atoms with van der Waals surface area (Å²) in [4.78, 5) is 23.5. The normalized spacial score (nSPS) is 13.9. The molecule has 6 nitrogen and oxygen atoms in total. The fraction of sp³-hybridized carbons (Fsp3) is 0.615.